The predicted molar refractivity (Wildman–Crippen MR) is 107 cm³/mol. The van der Waals surface area contributed by atoms with Crippen LogP contribution in [0.3, 0.4) is 0 Å². The molecule has 0 fully saturated rings. The maximum absolute atomic E-state index is 13.6. The summed E-state index contributed by atoms with van der Waals surface area (Å²) in [7, 11) is 3.98. The number of amides is 1. The highest BCUT2D eigenvalue weighted by atomic mass is 19.1. The molecular weight excluding hydrogens is 343 g/mol. The van der Waals surface area contributed by atoms with Crippen LogP contribution in [-0.4, -0.2) is 25.0 Å². The smallest absolute Gasteiger partial charge is 0.230 e. The van der Waals surface area contributed by atoms with Crippen molar-refractivity contribution in [2.24, 2.45) is 0 Å². The van der Waals surface area contributed by atoms with Crippen molar-refractivity contribution in [1.82, 2.24) is 4.98 Å². The van der Waals surface area contributed by atoms with E-state index in [0.29, 0.717) is 11.4 Å². The SMILES string of the molecule is CN(C)c1ccc(Nc2ccc(NC(=O)Cc3ccccc3F)nc2)cc1. The van der Waals surface area contributed by atoms with Crippen LogP contribution in [-0.2, 0) is 11.2 Å². The summed E-state index contributed by atoms with van der Waals surface area (Å²) in [6, 6.07) is 17.8. The zero-order valence-corrected chi connectivity index (χ0v) is 15.2. The topological polar surface area (TPSA) is 57.3 Å². The van der Waals surface area contributed by atoms with Crippen LogP contribution in [0.5, 0.6) is 0 Å². The standard InChI is InChI=1S/C21H21FN4O/c1-26(2)18-10-7-16(8-11-18)24-17-9-12-20(23-14-17)25-21(27)13-15-5-3-4-6-19(15)22/h3-12,14,24H,13H2,1-2H3,(H,23,25,27). The number of pyridine rings is 1. The van der Waals surface area contributed by atoms with E-state index in [1.165, 1.54) is 6.07 Å². The fourth-order valence-electron chi connectivity index (χ4n) is 2.55. The van der Waals surface area contributed by atoms with Gasteiger partial charge in [0, 0.05) is 25.5 Å². The van der Waals surface area contributed by atoms with Crippen LogP contribution >= 0.6 is 0 Å². The van der Waals surface area contributed by atoms with Crippen LogP contribution in [0.15, 0.2) is 66.9 Å². The molecule has 27 heavy (non-hydrogen) atoms. The van der Waals surface area contributed by atoms with Gasteiger partial charge in [0.05, 0.1) is 18.3 Å². The van der Waals surface area contributed by atoms with E-state index < -0.39 is 0 Å². The molecule has 0 atom stereocenters. The zero-order chi connectivity index (χ0) is 19.2. The number of rotatable bonds is 6. The lowest BCUT2D eigenvalue weighted by Gasteiger charge is -2.13. The lowest BCUT2D eigenvalue weighted by atomic mass is 10.1. The number of halogens is 1. The van der Waals surface area contributed by atoms with Crippen molar-refractivity contribution >= 4 is 28.8 Å². The van der Waals surface area contributed by atoms with Gasteiger partial charge in [-0.05, 0) is 48.0 Å². The molecule has 0 bridgehead atoms. The molecule has 0 unspecified atom stereocenters. The van der Waals surface area contributed by atoms with Crippen LogP contribution in [0.4, 0.5) is 27.3 Å². The molecule has 0 radical (unpaired) electrons. The van der Waals surface area contributed by atoms with Crippen molar-refractivity contribution in [2.75, 3.05) is 29.6 Å². The van der Waals surface area contributed by atoms with Crippen LogP contribution < -0.4 is 15.5 Å². The number of benzene rings is 2. The van der Waals surface area contributed by atoms with Crippen molar-refractivity contribution < 1.29 is 9.18 Å². The number of anilines is 4. The Hall–Kier alpha value is -3.41. The molecule has 3 rings (SSSR count). The van der Waals surface area contributed by atoms with Crippen molar-refractivity contribution in [3.05, 3.63) is 78.2 Å². The molecule has 1 amide bonds. The minimum absolute atomic E-state index is 0.0351. The van der Waals surface area contributed by atoms with Gasteiger partial charge < -0.3 is 15.5 Å². The van der Waals surface area contributed by atoms with Crippen LogP contribution in [0.25, 0.3) is 0 Å². The molecule has 0 aliphatic heterocycles. The monoisotopic (exact) mass is 364 g/mol. The van der Waals surface area contributed by atoms with E-state index in [1.54, 1.807) is 30.5 Å². The molecule has 0 aliphatic rings. The van der Waals surface area contributed by atoms with E-state index in [1.807, 2.05) is 49.3 Å². The maximum atomic E-state index is 13.6. The van der Waals surface area contributed by atoms with E-state index >= 15 is 0 Å². The van der Waals surface area contributed by atoms with Gasteiger partial charge in [-0.25, -0.2) is 9.37 Å². The van der Waals surface area contributed by atoms with E-state index in [9.17, 15) is 9.18 Å². The minimum atomic E-state index is -0.388. The number of aromatic nitrogens is 1. The average Bonchev–Trinajstić information content (AvgIpc) is 2.66. The first kappa shape index (κ1) is 18.4. The predicted octanol–water partition coefficient (Wildman–Crippen LogP) is 4.21. The lowest BCUT2D eigenvalue weighted by Crippen LogP contribution is -2.16. The highest BCUT2D eigenvalue weighted by Crippen LogP contribution is 2.20. The van der Waals surface area contributed by atoms with Gasteiger partial charge in [-0.1, -0.05) is 18.2 Å². The van der Waals surface area contributed by atoms with Crippen molar-refractivity contribution in [1.29, 1.82) is 0 Å². The Morgan fingerprint density at radius 1 is 1.00 bits per heavy atom. The second-order valence-electron chi connectivity index (χ2n) is 6.31. The summed E-state index contributed by atoms with van der Waals surface area (Å²) in [6.45, 7) is 0. The molecule has 0 aliphatic carbocycles. The molecule has 0 saturated carbocycles. The quantitative estimate of drug-likeness (QED) is 0.688. The first-order valence-electron chi connectivity index (χ1n) is 8.55. The van der Waals surface area contributed by atoms with E-state index in [0.717, 1.165) is 17.1 Å². The number of hydrogen-bond donors (Lipinski definition) is 2. The third kappa shape index (κ3) is 5.04. The summed E-state index contributed by atoms with van der Waals surface area (Å²) in [6.07, 6.45) is 1.60. The Morgan fingerprint density at radius 3 is 2.33 bits per heavy atom. The molecule has 0 saturated heterocycles. The summed E-state index contributed by atoms with van der Waals surface area (Å²) >= 11 is 0. The molecule has 1 heterocycles. The molecule has 1 aromatic heterocycles. The highest BCUT2D eigenvalue weighted by Gasteiger charge is 2.08. The fourth-order valence-corrected chi connectivity index (χ4v) is 2.55. The van der Waals surface area contributed by atoms with E-state index in [2.05, 4.69) is 15.6 Å². The van der Waals surface area contributed by atoms with Crippen LogP contribution in [0.1, 0.15) is 5.56 Å². The van der Waals surface area contributed by atoms with Gasteiger partial charge in [0.1, 0.15) is 11.6 Å². The Balaban J connectivity index is 1.58. The molecule has 5 nitrogen and oxygen atoms in total. The number of nitrogens with zero attached hydrogens (tertiary/aromatic N) is 2. The third-order valence-electron chi connectivity index (χ3n) is 4.01. The summed E-state index contributed by atoms with van der Waals surface area (Å²) in [4.78, 5) is 18.3. The van der Waals surface area contributed by atoms with E-state index in [4.69, 9.17) is 0 Å². The van der Waals surface area contributed by atoms with Gasteiger partial charge in [0.2, 0.25) is 5.91 Å². The Kier molecular flexibility index (Phi) is 5.66. The number of hydrogen-bond acceptors (Lipinski definition) is 4. The van der Waals surface area contributed by atoms with Gasteiger partial charge >= 0.3 is 0 Å². The van der Waals surface area contributed by atoms with Gasteiger partial charge in [-0.3, -0.25) is 4.79 Å². The zero-order valence-electron chi connectivity index (χ0n) is 15.2. The van der Waals surface area contributed by atoms with Gasteiger partial charge in [-0.15, -0.1) is 0 Å². The van der Waals surface area contributed by atoms with Gasteiger partial charge in [-0.2, -0.15) is 0 Å². The molecular formula is C21H21FN4O. The number of carbonyl (C=O) groups is 1. The normalized spacial score (nSPS) is 10.3. The third-order valence-corrected chi connectivity index (χ3v) is 4.01. The van der Waals surface area contributed by atoms with Crippen molar-refractivity contribution in [2.45, 2.75) is 6.42 Å². The number of carbonyl (C=O) groups excluding carboxylic acids is 1. The Bertz CT molecular complexity index is 908. The second-order valence-corrected chi connectivity index (χ2v) is 6.31. The van der Waals surface area contributed by atoms with Crippen molar-refractivity contribution in [3.8, 4) is 0 Å². The molecule has 2 aromatic carbocycles. The van der Waals surface area contributed by atoms with Crippen LogP contribution in [0, 0.1) is 5.82 Å². The maximum Gasteiger partial charge on any atom is 0.230 e. The second kappa shape index (κ2) is 8.31. The minimum Gasteiger partial charge on any atom is -0.378 e. The molecule has 6 heteroatoms. The fraction of sp³-hybridized carbons (Fsp3) is 0.143. The summed E-state index contributed by atoms with van der Waals surface area (Å²) in [5, 5.41) is 5.93. The van der Waals surface area contributed by atoms with E-state index in [-0.39, 0.29) is 18.1 Å². The molecule has 138 valence electrons. The first-order valence-corrected chi connectivity index (χ1v) is 8.55. The molecule has 2 N–H and O–H groups in total. The summed E-state index contributed by atoms with van der Waals surface area (Å²) < 4.78 is 13.6. The van der Waals surface area contributed by atoms with Gasteiger partial charge in [0.25, 0.3) is 0 Å². The summed E-state index contributed by atoms with van der Waals surface area (Å²) in [5.74, 6) is -0.280. The lowest BCUT2D eigenvalue weighted by molar-refractivity contribution is -0.115. The van der Waals surface area contributed by atoms with Gasteiger partial charge in [0.15, 0.2) is 0 Å². The molecule has 3 aromatic rings. The average molecular weight is 364 g/mol. The summed E-state index contributed by atoms with van der Waals surface area (Å²) in [5.41, 5.74) is 3.22. The Morgan fingerprint density at radius 2 is 1.70 bits per heavy atom. The highest BCUT2D eigenvalue weighted by molar-refractivity contribution is 5.91. The Labute approximate surface area is 157 Å². The van der Waals surface area contributed by atoms with Crippen LogP contribution in [0.2, 0.25) is 0 Å². The number of nitrogens with one attached hydrogen (secondary N) is 2. The largest absolute Gasteiger partial charge is 0.378 e. The first-order chi connectivity index (χ1) is 13.0. The molecule has 0 spiro atoms. The van der Waals surface area contributed by atoms with Crippen molar-refractivity contribution in [3.63, 3.8) is 0 Å².